The molecule has 0 radical (unpaired) electrons. The molecule has 0 aromatic carbocycles. The predicted octanol–water partition coefficient (Wildman–Crippen LogP) is 0.743. The SMILES string of the molecule is CCC(N)(C#N)CCCN1CC(OC)C(OC)C1. The zero-order chi connectivity index (χ0) is 13.6. The van der Waals surface area contributed by atoms with Crippen molar-refractivity contribution in [2.24, 2.45) is 5.73 Å². The van der Waals surface area contributed by atoms with E-state index in [-0.39, 0.29) is 12.2 Å². The molecule has 3 atom stereocenters. The van der Waals surface area contributed by atoms with Crippen molar-refractivity contribution in [3.8, 4) is 6.07 Å². The van der Waals surface area contributed by atoms with Gasteiger partial charge in [0.2, 0.25) is 0 Å². The van der Waals surface area contributed by atoms with Crippen LogP contribution < -0.4 is 5.73 Å². The molecule has 0 aliphatic carbocycles. The zero-order valence-electron chi connectivity index (χ0n) is 11.7. The molecule has 1 aliphatic heterocycles. The molecule has 18 heavy (non-hydrogen) atoms. The van der Waals surface area contributed by atoms with Crippen LogP contribution in [0.15, 0.2) is 0 Å². The Morgan fingerprint density at radius 2 is 1.89 bits per heavy atom. The lowest BCUT2D eigenvalue weighted by atomic mass is 9.93. The Kier molecular flexibility index (Phi) is 6.03. The molecule has 0 bridgehead atoms. The second-order valence-corrected chi connectivity index (χ2v) is 5.03. The van der Waals surface area contributed by atoms with Crippen LogP contribution in [0.3, 0.4) is 0 Å². The van der Waals surface area contributed by atoms with Crippen LogP contribution in [0.25, 0.3) is 0 Å². The summed E-state index contributed by atoms with van der Waals surface area (Å²) in [6, 6.07) is 2.20. The first-order chi connectivity index (χ1) is 8.58. The topological polar surface area (TPSA) is 71.5 Å². The third-order valence-electron chi connectivity index (χ3n) is 3.85. The molecule has 5 heteroatoms. The highest BCUT2D eigenvalue weighted by Crippen LogP contribution is 2.18. The number of ether oxygens (including phenoxy) is 2. The van der Waals surface area contributed by atoms with E-state index in [0.29, 0.717) is 6.42 Å². The van der Waals surface area contributed by atoms with Crippen LogP contribution in [-0.2, 0) is 9.47 Å². The van der Waals surface area contributed by atoms with Crippen molar-refractivity contribution in [1.82, 2.24) is 4.90 Å². The van der Waals surface area contributed by atoms with E-state index in [4.69, 9.17) is 20.5 Å². The van der Waals surface area contributed by atoms with Crippen LogP contribution in [0.2, 0.25) is 0 Å². The summed E-state index contributed by atoms with van der Waals surface area (Å²) in [5.41, 5.74) is 5.29. The fourth-order valence-corrected chi connectivity index (χ4v) is 2.38. The fraction of sp³-hybridized carbons (Fsp3) is 0.923. The van der Waals surface area contributed by atoms with Crippen molar-refractivity contribution < 1.29 is 9.47 Å². The minimum absolute atomic E-state index is 0.153. The van der Waals surface area contributed by atoms with Gasteiger partial charge in [0, 0.05) is 27.3 Å². The quantitative estimate of drug-likeness (QED) is 0.726. The molecule has 0 amide bonds. The summed E-state index contributed by atoms with van der Waals surface area (Å²) < 4.78 is 10.8. The second-order valence-electron chi connectivity index (χ2n) is 5.03. The van der Waals surface area contributed by atoms with Gasteiger partial charge in [-0.05, 0) is 25.8 Å². The van der Waals surface area contributed by atoms with Gasteiger partial charge >= 0.3 is 0 Å². The first kappa shape index (κ1) is 15.4. The molecule has 1 saturated heterocycles. The van der Waals surface area contributed by atoms with E-state index in [1.165, 1.54) is 0 Å². The van der Waals surface area contributed by atoms with Crippen LogP contribution in [0.5, 0.6) is 0 Å². The Morgan fingerprint density at radius 3 is 2.28 bits per heavy atom. The molecule has 2 N–H and O–H groups in total. The van der Waals surface area contributed by atoms with Gasteiger partial charge in [0.15, 0.2) is 0 Å². The van der Waals surface area contributed by atoms with E-state index in [9.17, 15) is 0 Å². The summed E-state index contributed by atoms with van der Waals surface area (Å²) in [7, 11) is 3.44. The Bertz CT molecular complexity index is 280. The van der Waals surface area contributed by atoms with Gasteiger partial charge in [-0.1, -0.05) is 6.92 Å². The van der Waals surface area contributed by atoms with Crippen molar-refractivity contribution >= 4 is 0 Å². The van der Waals surface area contributed by atoms with E-state index in [1.807, 2.05) is 6.92 Å². The van der Waals surface area contributed by atoms with Gasteiger partial charge < -0.3 is 15.2 Å². The molecule has 5 nitrogen and oxygen atoms in total. The molecule has 0 saturated carbocycles. The smallest absolute Gasteiger partial charge is 0.104 e. The Labute approximate surface area is 110 Å². The van der Waals surface area contributed by atoms with Crippen LogP contribution in [0.1, 0.15) is 26.2 Å². The van der Waals surface area contributed by atoms with Gasteiger partial charge in [-0.2, -0.15) is 5.26 Å². The van der Waals surface area contributed by atoms with Gasteiger partial charge in [0.1, 0.15) is 5.54 Å². The van der Waals surface area contributed by atoms with Crippen LogP contribution in [0, 0.1) is 11.3 Å². The third kappa shape index (κ3) is 3.92. The zero-order valence-corrected chi connectivity index (χ0v) is 11.7. The predicted molar refractivity (Wildman–Crippen MR) is 70.1 cm³/mol. The monoisotopic (exact) mass is 255 g/mol. The van der Waals surface area contributed by atoms with Gasteiger partial charge in [0.05, 0.1) is 18.3 Å². The largest absolute Gasteiger partial charge is 0.377 e. The summed E-state index contributed by atoms with van der Waals surface area (Å²) in [6.07, 6.45) is 2.68. The third-order valence-corrected chi connectivity index (χ3v) is 3.85. The Morgan fingerprint density at radius 1 is 1.33 bits per heavy atom. The molecule has 0 aromatic heterocycles. The molecule has 1 aliphatic rings. The van der Waals surface area contributed by atoms with Gasteiger partial charge in [-0.3, -0.25) is 4.90 Å². The molecule has 1 fully saturated rings. The summed E-state index contributed by atoms with van der Waals surface area (Å²) in [6.45, 7) is 4.69. The highest BCUT2D eigenvalue weighted by atomic mass is 16.5. The van der Waals surface area contributed by atoms with Gasteiger partial charge in [0.25, 0.3) is 0 Å². The van der Waals surface area contributed by atoms with E-state index >= 15 is 0 Å². The van der Waals surface area contributed by atoms with Crippen LogP contribution in [0.4, 0.5) is 0 Å². The Balaban J connectivity index is 2.32. The molecule has 1 heterocycles. The summed E-state index contributed by atoms with van der Waals surface area (Å²) in [5, 5.41) is 9.01. The lowest BCUT2D eigenvalue weighted by Gasteiger charge is -2.21. The van der Waals surface area contributed by atoms with E-state index in [2.05, 4.69) is 11.0 Å². The number of nitriles is 1. The van der Waals surface area contributed by atoms with E-state index < -0.39 is 5.54 Å². The average Bonchev–Trinajstić information content (AvgIpc) is 2.80. The summed E-state index contributed by atoms with van der Waals surface area (Å²) in [5.74, 6) is 0. The minimum atomic E-state index is -0.666. The molecule has 1 rings (SSSR count). The lowest BCUT2D eigenvalue weighted by molar-refractivity contribution is -0.00461. The first-order valence-corrected chi connectivity index (χ1v) is 6.56. The highest BCUT2D eigenvalue weighted by Gasteiger charge is 2.32. The van der Waals surface area contributed by atoms with Crippen molar-refractivity contribution in [3.63, 3.8) is 0 Å². The molecular weight excluding hydrogens is 230 g/mol. The minimum Gasteiger partial charge on any atom is -0.377 e. The van der Waals surface area contributed by atoms with Gasteiger partial charge in [-0.15, -0.1) is 0 Å². The van der Waals surface area contributed by atoms with Crippen LogP contribution >= 0.6 is 0 Å². The van der Waals surface area contributed by atoms with E-state index in [0.717, 1.165) is 32.5 Å². The summed E-state index contributed by atoms with van der Waals surface area (Å²) >= 11 is 0. The standard InChI is InChI=1S/C13H25N3O2/c1-4-13(15,10-14)6-5-7-16-8-11(17-2)12(9-16)18-3/h11-12H,4-9,15H2,1-3H3. The Hall–Kier alpha value is -0.670. The molecule has 104 valence electrons. The van der Waals surface area contributed by atoms with Crippen molar-refractivity contribution in [2.45, 2.75) is 43.9 Å². The number of nitrogens with two attached hydrogens (primary N) is 1. The van der Waals surface area contributed by atoms with Crippen molar-refractivity contribution in [3.05, 3.63) is 0 Å². The summed E-state index contributed by atoms with van der Waals surface area (Å²) in [4.78, 5) is 2.32. The molecule has 0 spiro atoms. The number of nitrogens with zero attached hydrogens (tertiary/aromatic N) is 2. The number of methoxy groups -OCH3 is 2. The number of rotatable bonds is 7. The van der Waals surface area contributed by atoms with Gasteiger partial charge in [-0.25, -0.2) is 0 Å². The number of hydrogen-bond donors (Lipinski definition) is 1. The normalized spacial score (nSPS) is 27.9. The average molecular weight is 255 g/mol. The molecular formula is C13H25N3O2. The maximum absolute atomic E-state index is 9.01. The van der Waals surface area contributed by atoms with Crippen molar-refractivity contribution in [2.75, 3.05) is 33.9 Å². The maximum atomic E-state index is 9.01. The number of likely N-dealkylation sites (tertiary alicyclic amines) is 1. The highest BCUT2D eigenvalue weighted by molar-refractivity contribution is 5.03. The number of hydrogen-bond acceptors (Lipinski definition) is 5. The lowest BCUT2D eigenvalue weighted by Crippen LogP contribution is -2.38. The molecule has 0 aromatic rings. The molecule has 3 unspecified atom stereocenters. The fourth-order valence-electron chi connectivity index (χ4n) is 2.38. The maximum Gasteiger partial charge on any atom is 0.104 e. The van der Waals surface area contributed by atoms with Crippen molar-refractivity contribution in [1.29, 1.82) is 5.26 Å². The van der Waals surface area contributed by atoms with Crippen LogP contribution in [-0.4, -0.2) is 56.5 Å². The second kappa shape index (κ2) is 7.05. The first-order valence-electron chi connectivity index (χ1n) is 6.56. The van der Waals surface area contributed by atoms with E-state index in [1.54, 1.807) is 14.2 Å².